The first-order valence-corrected chi connectivity index (χ1v) is 39.0. The molecule has 10 N–H and O–H groups in total. The summed E-state index contributed by atoms with van der Waals surface area (Å²) in [6, 6.07) is 19.8. The number of H-pyrrole nitrogens is 1. The van der Waals surface area contributed by atoms with Crippen LogP contribution in [0.3, 0.4) is 0 Å². The lowest BCUT2D eigenvalue weighted by atomic mass is 9.92. The number of primary amides is 1. The lowest BCUT2D eigenvalue weighted by Crippen LogP contribution is -2.54. The molecular weight excluding hydrogens is 1570 g/mol. The van der Waals surface area contributed by atoms with Crippen LogP contribution in [-0.4, -0.2) is 283 Å². The quantitative estimate of drug-likeness (QED) is 0.0103. The van der Waals surface area contributed by atoms with Gasteiger partial charge in [0.1, 0.15) is 60.4 Å². The maximum atomic E-state index is 14.6. The number of alkyl halides is 1. The fraction of sp³-hybridized carbons (Fsp3) is 0.430. The van der Waals surface area contributed by atoms with E-state index in [4.69, 9.17) is 55.2 Å². The van der Waals surface area contributed by atoms with Crippen LogP contribution in [0.4, 0.5) is 45.8 Å². The Kier molecular flexibility index (Phi) is 32.5. The van der Waals surface area contributed by atoms with Crippen LogP contribution in [0.1, 0.15) is 75.8 Å². The zero-order valence-electron chi connectivity index (χ0n) is 66.4. The Hall–Kier alpha value is -12.6. The number of benzene rings is 4. The van der Waals surface area contributed by atoms with Gasteiger partial charge in [-0.2, -0.15) is 0 Å². The molecule has 0 bridgehead atoms. The van der Waals surface area contributed by atoms with E-state index in [9.17, 15) is 62.6 Å². The molecule has 0 unspecified atom stereocenters. The molecule has 7 aromatic rings. The maximum Gasteiger partial charge on any atom is 0.415 e. The molecule has 0 spiro atoms. The zero-order valence-corrected chi connectivity index (χ0v) is 67.2. The molecule has 40 heteroatoms. The van der Waals surface area contributed by atoms with Gasteiger partial charge in [-0.3, -0.25) is 33.7 Å². The Labute approximate surface area is 688 Å². The smallest absolute Gasteiger partial charge is 0.415 e. The predicted octanol–water partition coefficient (Wildman–Crippen LogP) is 5.18. The zero-order chi connectivity index (χ0) is 85.1. The summed E-state index contributed by atoms with van der Waals surface area (Å²) in [5.74, 6) is -3.11. The summed E-state index contributed by atoms with van der Waals surface area (Å²) in [6.45, 7) is 7.96. The van der Waals surface area contributed by atoms with Crippen LogP contribution >= 0.6 is 11.6 Å². The van der Waals surface area contributed by atoms with E-state index >= 15 is 0 Å². The number of aromatic nitrogens is 5. The summed E-state index contributed by atoms with van der Waals surface area (Å²) < 4.78 is 45.5. The van der Waals surface area contributed by atoms with E-state index < -0.39 is 84.0 Å². The van der Waals surface area contributed by atoms with Crippen LogP contribution in [0.15, 0.2) is 109 Å². The second kappa shape index (κ2) is 43.6. The minimum absolute atomic E-state index is 0.00268. The first-order chi connectivity index (χ1) is 57.3. The number of urea groups is 1. The number of nitrogens with one attached hydrogen (secondary N) is 7. The van der Waals surface area contributed by atoms with Crippen molar-refractivity contribution < 1.29 is 101 Å². The number of aromatic amines is 1. The number of fused-ring (bicyclic) bond motifs is 4. The van der Waals surface area contributed by atoms with Crippen molar-refractivity contribution in [2.24, 2.45) is 11.7 Å². The van der Waals surface area contributed by atoms with Crippen molar-refractivity contribution in [3.05, 3.63) is 143 Å². The number of alkyl carbamates (subject to hydrolysis) is 2. The largest absolute Gasteiger partial charge is 0.447 e. The number of carbonyl (C=O) groups excluding carboxylic acids is 12. The average Bonchev–Trinajstić information content (AvgIpc) is 1.46. The van der Waals surface area contributed by atoms with E-state index in [1.807, 2.05) is 32.2 Å². The SMILES string of the molecule is Cc1cccc2c(OC(=O)N3CCN(C)CC3)cc3c(c12)[C@H](CCl)CN3C(=O)c1cc2cc(NC(=O)c3ccc(OC(=O)N(CCOCCO)CCN(C)C(=O)OCc4ccc(NC(=O)[C@H](CCCNC(N)=O)NC(=O)[C@@H](NC(=O)OCCOCCn5cc(CNC(=O)OCCOCCN6C(=O)C=CC6=O)nn5)C(C)C)cc4)cc3)cnc2[nH]1. The van der Waals surface area contributed by atoms with Crippen molar-refractivity contribution in [3.63, 3.8) is 0 Å². The number of rotatable bonds is 40. The van der Waals surface area contributed by atoms with Gasteiger partial charge in [0.15, 0.2) is 0 Å². The van der Waals surface area contributed by atoms with Gasteiger partial charge in [-0.25, -0.2) is 38.4 Å². The fourth-order valence-corrected chi connectivity index (χ4v) is 13.1. The first-order valence-electron chi connectivity index (χ1n) is 38.5. The predicted molar refractivity (Wildman–Crippen MR) is 430 cm³/mol. The third-order valence-corrected chi connectivity index (χ3v) is 19.7. The van der Waals surface area contributed by atoms with Crippen molar-refractivity contribution in [3.8, 4) is 11.5 Å². The molecule has 0 radical (unpaired) electrons. The summed E-state index contributed by atoms with van der Waals surface area (Å²) >= 11 is 6.63. The molecule has 1 fully saturated rings. The van der Waals surface area contributed by atoms with Gasteiger partial charge >= 0.3 is 36.5 Å². The molecule has 3 aliphatic heterocycles. The van der Waals surface area contributed by atoms with E-state index in [0.29, 0.717) is 71.3 Å². The minimum Gasteiger partial charge on any atom is -0.447 e. The second-order valence-electron chi connectivity index (χ2n) is 28.3. The fourth-order valence-electron chi connectivity index (χ4n) is 12.8. The van der Waals surface area contributed by atoms with E-state index in [2.05, 4.69) is 57.1 Å². The summed E-state index contributed by atoms with van der Waals surface area (Å²) in [5.41, 5.74) is 10.1. The molecule has 4 aromatic carbocycles. The normalized spacial score (nSPS) is 14.3. The number of nitrogens with two attached hydrogens (primary N) is 1. The molecule has 3 aromatic heterocycles. The van der Waals surface area contributed by atoms with Gasteiger partial charge in [0.2, 0.25) is 11.8 Å². The number of nitrogens with zero attached hydrogens (tertiary/aromatic N) is 10. The van der Waals surface area contributed by atoms with Gasteiger partial charge in [-0.15, -0.1) is 16.7 Å². The molecule has 1 saturated heterocycles. The first kappa shape index (κ1) is 88.8. The third kappa shape index (κ3) is 25.5. The van der Waals surface area contributed by atoms with Crippen LogP contribution in [0.2, 0.25) is 0 Å². The average molecular weight is 1670 g/mol. The van der Waals surface area contributed by atoms with Gasteiger partial charge in [0, 0.05) is 118 Å². The number of pyridine rings is 1. The third-order valence-electron chi connectivity index (χ3n) is 19.3. The van der Waals surface area contributed by atoms with E-state index in [0.717, 1.165) is 26.8 Å². The van der Waals surface area contributed by atoms with Gasteiger partial charge in [0.25, 0.3) is 23.6 Å². The number of anilines is 3. The van der Waals surface area contributed by atoms with Gasteiger partial charge in [-0.1, -0.05) is 49.4 Å². The highest BCUT2D eigenvalue weighted by Crippen LogP contribution is 2.47. The number of amides is 13. The lowest BCUT2D eigenvalue weighted by molar-refractivity contribution is -0.137. The Morgan fingerprint density at radius 1 is 0.739 bits per heavy atom. The summed E-state index contributed by atoms with van der Waals surface area (Å²) in [7, 11) is 3.47. The van der Waals surface area contributed by atoms with Crippen LogP contribution in [-0.2, 0) is 67.3 Å². The number of likely N-dealkylation sites (N-methyl/N-ethyl adjacent to an activating group) is 2. The number of ether oxygens (including phenoxy) is 8. The summed E-state index contributed by atoms with van der Waals surface area (Å²) in [5, 5.41) is 35.3. The molecule has 636 valence electrons. The molecular formula is C79H97ClN18O21. The Morgan fingerprint density at radius 2 is 1.45 bits per heavy atom. The molecule has 6 heterocycles. The number of hydrogen-bond acceptors (Lipinski definition) is 25. The number of carbonyl (C=O) groups is 12. The molecule has 13 amide bonds. The van der Waals surface area contributed by atoms with E-state index in [-0.39, 0.29) is 166 Å². The highest BCUT2D eigenvalue weighted by Gasteiger charge is 2.38. The number of piperazine rings is 1. The van der Waals surface area contributed by atoms with Crippen molar-refractivity contribution in [1.82, 2.24) is 70.7 Å². The Bertz CT molecular complexity index is 4770. The molecule has 39 nitrogen and oxygen atoms in total. The molecule has 0 saturated carbocycles. The van der Waals surface area contributed by atoms with Crippen LogP contribution in [0.25, 0.3) is 21.8 Å². The lowest BCUT2D eigenvalue weighted by Gasteiger charge is -2.31. The maximum absolute atomic E-state index is 14.6. The highest BCUT2D eigenvalue weighted by atomic mass is 35.5. The van der Waals surface area contributed by atoms with Crippen LogP contribution in [0, 0.1) is 12.8 Å². The Balaban J connectivity index is 0.643. The standard InChI is InChI=1S/C79H97ClN18O21/c1-49(2)68(89-76(108)116-39-37-113-33-29-96-47-57(90-91-96)45-84-75(107)115-38-36-114-34-30-97-64(100)19-20-65(97)101)72(104)88-60(10-7-21-82-74(81)106)71(103)85-55-15-11-51(12-16-55)48-117-77(109)93(5)24-27-95(28-32-112-35-31-99)78(110)118-58-17-13-52(14-18-58)70(102)86-56-40-53-41-61(87-69(53)83-44-56)73(105)98-46-54(43-80)67-62(98)42-63(59-9-6-8-50(3)66(59)67)119-79(111)94-25-22-92(4)23-26-94/h6,8-9,11-20,40-42,44,47,49,54,60,68,99H,7,10,21-39,43,45-46,48H2,1-5H3,(H,83,87)(H,84,107)(H,85,103)(H,86,102)(H,88,104)(H,89,108)(H3,81,82,106)/t54-,60+,68+/m1/s1. The van der Waals surface area contributed by atoms with Crippen molar-refractivity contribution in [1.29, 1.82) is 0 Å². The highest BCUT2D eigenvalue weighted by molar-refractivity contribution is 6.20. The number of aliphatic hydroxyl groups excluding tert-OH is 1. The number of halogens is 1. The number of hydrogen-bond donors (Lipinski definition) is 9. The molecule has 119 heavy (non-hydrogen) atoms. The molecule has 10 rings (SSSR count). The number of imide groups is 1. The topological polar surface area (TPSA) is 476 Å². The molecule has 3 atom stereocenters. The van der Waals surface area contributed by atoms with E-state index in [1.54, 1.807) is 72.3 Å². The molecule has 3 aliphatic rings. The number of aliphatic hydroxyl groups is 1. The van der Waals surface area contributed by atoms with E-state index in [1.165, 1.54) is 64.1 Å². The monoisotopic (exact) mass is 1670 g/mol. The number of aryl methyl sites for hydroxylation is 1. The summed E-state index contributed by atoms with van der Waals surface area (Å²) in [6.07, 6.45) is 1.95. The van der Waals surface area contributed by atoms with Crippen molar-refractivity contribution in [2.75, 3.05) is 160 Å². The van der Waals surface area contributed by atoms with Crippen molar-refractivity contribution >= 4 is 122 Å². The van der Waals surface area contributed by atoms with Gasteiger partial charge in [0.05, 0.1) is 89.7 Å². The molecule has 0 aliphatic carbocycles. The summed E-state index contributed by atoms with van der Waals surface area (Å²) in [4.78, 5) is 173. The van der Waals surface area contributed by atoms with Gasteiger partial charge < -0.3 is 110 Å². The Morgan fingerprint density at radius 3 is 2.16 bits per heavy atom. The minimum atomic E-state index is -1.17. The van der Waals surface area contributed by atoms with Crippen LogP contribution in [0.5, 0.6) is 11.5 Å². The van der Waals surface area contributed by atoms with Crippen LogP contribution < -0.4 is 52.0 Å². The van der Waals surface area contributed by atoms with Crippen molar-refractivity contribution in [2.45, 2.75) is 71.3 Å². The second-order valence-corrected chi connectivity index (χ2v) is 28.6. The van der Waals surface area contributed by atoms with Gasteiger partial charge in [-0.05, 0) is 103 Å².